The zero-order chi connectivity index (χ0) is 14.8. The summed E-state index contributed by atoms with van der Waals surface area (Å²) in [5.41, 5.74) is 0.340. The molecule has 1 N–H and O–H groups in total. The van der Waals surface area contributed by atoms with Crippen LogP contribution in [-0.4, -0.2) is 5.11 Å². The second kappa shape index (κ2) is 5.85. The Morgan fingerprint density at radius 3 is 2.30 bits per heavy atom. The van der Waals surface area contributed by atoms with Crippen LogP contribution in [-0.2, 0) is 12.6 Å². The van der Waals surface area contributed by atoms with Crippen LogP contribution in [0.4, 0.5) is 13.2 Å². The van der Waals surface area contributed by atoms with E-state index in [1.54, 1.807) is 30.3 Å². The van der Waals surface area contributed by atoms with Gasteiger partial charge in [0.05, 0.1) is 11.7 Å². The van der Waals surface area contributed by atoms with Crippen LogP contribution in [0.5, 0.6) is 0 Å². The molecule has 2 aromatic carbocycles. The van der Waals surface area contributed by atoms with Crippen molar-refractivity contribution in [1.82, 2.24) is 0 Å². The van der Waals surface area contributed by atoms with Gasteiger partial charge in [0.1, 0.15) is 0 Å². The highest BCUT2D eigenvalue weighted by molar-refractivity contribution is 6.30. The highest BCUT2D eigenvalue weighted by Crippen LogP contribution is 2.30. The van der Waals surface area contributed by atoms with Gasteiger partial charge in [-0.2, -0.15) is 13.2 Å². The summed E-state index contributed by atoms with van der Waals surface area (Å²) in [6, 6.07) is 11.5. The Morgan fingerprint density at radius 1 is 1.05 bits per heavy atom. The molecule has 0 heterocycles. The highest BCUT2D eigenvalue weighted by atomic mass is 35.5. The smallest absolute Gasteiger partial charge is 0.388 e. The fourth-order valence-electron chi connectivity index (χ4n) is 1.90. The van der Waals surface area contributed by atoms with E-state index in [0.29, 0.717) is 16.1 Å². The molecule has 5 heteroatoms. The quantitative estimate of drug-likeness (QED) is 0.876. The molecule has 0 bridgehead atoms. The molecule has 0 aliphatic carbocycles. The average Bonchev–Trinajstić information content (AvgIpc) is 2.38. The first kappa shape index (κ1) is 14.9. The third-order valence-corrected chi connectivity index (χ3v) is 3.19. The molecule has 20 heavy (non-hydrogen) atoms. The van der Waals surface area contributed by atoms with Crippen LogP contribution in [0.15, 0.2) is 48.5 Å². The summed E-state index contributed by atoms with van der Waals surface area (Å²) in [6.07, 6.45) is -5.12. The van der Waals surface area contributed by atoms with Crippen LogP contribution in [0.3, 0.4) is 0 Å². The summed E-state index contributed by atoms with van der Waals surface area (Å²) in [7, 11) is 0. The van der Waals surface area contributed by atoms with Crippen LogP contribution in [0.25, 0.3) is 0 Å². The van der Waals surface area contributed by atoms with Gasteiger partial charge in [-0.1, -0.05) is 41.9 Å². The van der Waals surface area contributed by atoms with Crippen LogP contribution in [0, 0.1) is 0 Å². The maximum atomic E-state index is 12.6. The Labute approximate surface area is 119 Å². The van der Waals surface area contributed by atoms with Crippen LogP contribution in [0.1, 0.15) is 22.8 Å². The molecule has 0 aliphatic rings. The average molecular weight is 301 g/mol. The first-order valence-electron chi connectivity index (χ1n) is 5.96. The van der Waals surface area contributed by atoms with Crippen molar-refractivity contribution >= 4 is 11.6 Å². The summed E-state index contributed by atoms with van der Waals surface area (Å²) in [6.45, 7) is 0. The number of hydrogen-bond donors (Lipinski definition) is 1. The van der Waals surface area contributed by atoms with Crippen LogP contribution >= 0.6 is 11.6 Å². The molecule has 1 nitrogen and oxygen atoms in total. The fraction of sp³-hybridized carbons (Fsp3) is 0.200. The van der Waals surface area contributed by atoms with Gasteiger partial charge in [-0.15, -0.1) is 0 Å². The summed E-state index contributed by atoms with van der Waals surface area (Å²) < 4.78 is 37.8. The highest BCUT2D eigenvalue weighted by Gasteiger charge is 2.30. The lowest BCUT2D eigenvalue weighted by Crippen LogP contribution is -2.07. The molecule has 2 aromatic rings. The van der Waals surface area contributed by atoms with E-state index in [-0.39, 0.29) is 6.42 Å². The van der Waals surface area contributed by atoms with E-state index < -0.39 is 17.8 Å². The maximum absolute atomic E-state index is 12.6. The van der Waals surface area contributed by atoms with Gasteiger partial charge in [-0.05, 0) is 29.3 Å². The third kappa shape index (κ3) is 3.74. The predicted molar refractivity (Wildman–Crippen MR) is 71.6 cm³/mol. The summed E-state index contributed by atoms with van der Waals surface area (Å²) in [4.78, 5) is 0. The second-order valence-corrected chi connectivity index (χ2v) is 4.91. The minimum atomic E-state index is -4.37. The Balaban J connectivity index is 2.15. The molecule has 0 amide bonds. The van der Waals surface area contributed by atoms with Crippen molar-refractivity contribution in [2.24, 2.45) is 0 Å². The Hall–Kier alpha value is -1.52. The largest absolute Gasteiger partial charge is 0.416 e. The van der Waals surface area contributed by atoms with Crippen molar-refractivity contribution in [1.29, 1.82) is 0 Å². The number of aliphatic hydroxyl groups is 1. The second-order valence-electron chi connectivity index (χ2n) is 4.47. The minimum Gasteiger partial charge on any atom is -0.388 e. The molecule has 106 valence electrons. The van der Waals surface area contributed by atoms with Crippen molar-refractivity contribution in [3.8, 4) is 0 Å². The number of benzene rings is 2. The van der Waals surface area contributed by atoms with Gasteiger partial charge in [-0.3, -0.25) is 0 Å². The minimum absolute atomic E-state index is 0.117. The van der Waals surface area contributed by atoms with Crippen molar-refractivity contribution in [3.63, 3.8) is 0 Å². The maximum Gasteiger partial charge on any atom is 0.416 e. The van der Waals surface area contributed by atoms with Crippen molar-refractivity contribution < 1.29 is 18.3 Å². The summed E-state index contributed by atoms with van der Waals surface area (Å²) in [5, 5.41) is 10.6. The molecule has 1 atom stereocenters. The van der Waals surface area contributed by atoms with E-state index in [1.165, 1.54) is 6.07 Å². The lowest BCUT2D eigenvalue weighted by atomic mass is 10.00. The van der Waals surface area contributed by atoms with E-state index in [1.807, 2.05) is 0 Å². The summed E-state index contributed by atoms with van der Waals surface area (Å²) >= 11 is 5.74. The molecule has 0 saturated heterocycles. The molecule has 0 unspecified atom stereocenters. The van der Waals surface area contributed by atoms with Gasteiger partial charge in [0, 0.05) is 11.4 Å². The number of rotatable bonds is 3. The lowest BCUT2D eigenvalue weighted by molar-refractivity contribution is -0.137. The van der Waals surface area contributed by atoms with E-state index in [0.717, 1.165) is 12.1 Å². The molecule has 0 spiro atoms. The monoisotopic (exact) mass is 300 g/mol. The molecule has 2 rings (SSSR count). The molecular formula is C15H12ClF3O. The molecule has 0 aromatic heterocycles. The predicted octanol–water partition coefficient (Wildman–Crippen LogP) is 4.63. The van der Waals surface area contributed by atoms with Crippen molar-refractivity contribution in [3.05, 3.63) is 70.2 Å². The number of hydrogen-bond acceptors (Lipinski definition) is 1. The molecule has 0 fully saturated rings. The molecule has 0 aliphatic heterocycles. The first-order chi connectivity index (χ1) is 9.36. The zero-order valence-corrected chi connectivity index (χ0v) is 11.1. The summed E-state index contributed by atoms with van der Waals surface area (Å²) in [5.74, 6) is 0. The SMILES string of the molecule is O[C@@H](Cc1cccc(C(F)(F)F)c1)c1ccc(Cl)cc1. The molecular weight excluding hydrogens is 289 g/mol. The molecule has 0 radical (unpaired) electrons. The zero-order valence-electron chi connectivity index (χ0n) is 10.4. The lowest BCUT2D eigenvalue weighted by Gasteiger charge is -2.13. The van der Waals surface area contributed by atoms with Crippen LogP contribution < -0.4 is 0 Å². The Morgan fingerprint density at radius 2 is 1.70 bits per heavy atom. The fourth-order valence-corrected chi connectivity index (χ4v) is 2.03. The normalized spacial score (nSPS) is 13.2. The van der Waals surface area contributed by atoms with Gasteiger partial charge < -0.3 is 5.11 Å². The topological polar surface area (TPSA) is 20.2 Å². The first-order valence-corrected chi connectivity index (χ1v) is 6.34. The van der Waals surface area contributed by atoms with Gasteiger partial charge in [0.2, 0.25) is 0 Å². The van der Waals surface area contributed by atoms with Crippen molar-refractivity contribution in [2.45, 2.75) is 18.7 Å². The van der Waals surface area contributed by atoms with E-state index in [4.69, 9.17) is 11.6 Å². The third-order valence-electron chi connectivity index (χ3n) is 2.94. The number of halogens is 4. The van der Waals surface area contributed by atoms with Crippen molar-refractivity contribution in [2.75, 3.05) is 0 Å². The van der Waals surface area contributed by atoms with Gasteiger partial charge in [0.25, 0.3) is 0 Å². The Bertz CT molecular complexity index is 578. The molecule has 0 saturated carbocycles. The van der Waals surface area contributed by atoms with Gasteiger partial charge in [-0.25, -0.2) is 0 Å². The van der Waals surface area contributed by atoms with E-state index >= 15 is 0 Å². The van der Waals surface area contributed by atoms with E-state index in [2.05, 4.69) is 0 Å². The van der Waals surface area contributed by atoms with Gasteiger partial charge in [0.15, 0.2) is 0 Å². The van der Waals surface area contributed by atoms with Gasteiger partial charge >= 0.3 is 6.18 Å². The Kier molecular flexibility index (Phi) is 4.35. The number of alkyl halides is 3. The number of aliphatic hydroxyl groups excluding tert-OH is 1. The standard InChI is InChI=1S/C15H12ClF3O/c16-13-6-4-11(5-7-13)14(20)9-10-2-1-3-12(8-10)15(17,18)19/h1-8,14,20H,9H2/t14-/m0/s1. The van der Waals surface area contributed by atoms with E-state index in [9.17, 15) is 18.3 Å². The van der Waals surface area contributed by atoms with Crippen LogP contribution in [0.2, 0.25) is 5.02 Å².